The minimum Gasteiger partial charge on any atom is -0.490 e. The van der Waals surface area contributed by atoms with Gasteiger partial charge in [-0.2, -0.15) is 0 Å². The molecule has 0 bridgehead atoms. The Morgan fingerprint density at radius 2 is 2.06 bits per heavy atom. The molecule has 0 saturated carbocycles. The Bertz CT molecular complexity index is 357. The zero-order valence-electron chi connectivity index (χ0n) is 8.98. The number of benzene rings is 1. The number of rotatable bonds is 3. The van der Waals surface area contributed by atoms with Crippen molar-refractivity contribution in [2.45, 2.75) is 12.5 Å². The van der Waals surface area contributed by atoms with Crippen LogP contribution in [0.4, 0.5) is 0 Å². The SMILES string of the molecule is NNCC(O)c1ccc2c(c1)OCCCO2. The molecule has 0 aliphatic carbocycles. The molecule has 1 aliphatic heterocycles. The van der Waals surface area contributed by atoms with Crippen LogP contribution in [-0.2, 0) is 0 Å². The van der Waals surface area contributed by atoms with E-state index in [1.165, 1.54) is 0 Å². The number of aliphatic hydroxyl groups excluding tert-OH is 1. The zero-order chi connectivity index (χ0) is 11.4. The molecular formula is C11H16N2O3. The van der Waals surface area contributed by atoms with E-state index in [2.05, 4.69) is 5.43 Å². The third-order valence-corrected chi connectivity index (χ3v) is 2.47. The molecule has 1 aliphatic rings. The molecule has 2 rings (SSSR count). The van der Waals surface area contributed by atoms with Gasteiger partial charge < -0.3 is 14.6 Å². The molecule has 0 amide bonds. The Balaban J connectivity index is 2.20. The van der Waals surface area contributed by atoms with Crippen LogP contribution in [0.15, 0.2) is 18.2 Å². The number of nitrogens with one attached hydrogen (secondary N) is 1. The van der Waals surface area contributed by atoms with Crippen LogP contribution in [0.25, 0.3) is 0 Å². The van der Waals surface area contributed by atoms with Crippen LogP contribution in [0, 0.1) is 0 Å². The molecule has 5 heteroatoms. The van der Waals surface area contributed by atoms with Gasteiger partial charge in [-0.3, -0.25) is 11.3 Å². The predicted octanol–water partition coefficient (Wildman–Crippen LogP) is 0.345. The molecule has 0 saturated heterocycles. The first-order valence-electron chi connectivity index (χ1n) is 5.32. The molecule has 1 aromatic rings. The highest BCUT2D eigenvalue weighted by molar-refractivity contribution is 5.44. The van der Waals surface area contributed by atoms with Gasteiger partial charge >= 0.3 is 0 Å². The second-order valence-electron chi connectivity index (χ2n) is 3.68. The molecule has 4 N–H and O–H groups in total. The van der Waals surface area contributed by atoms with Gasteiger partial charge in [0.25, 0.3) is 0 Å². The maximum absolute atomic E-state index is 9.75. The lowest BCUT2D eigenvalue weighted by molar-refractivity contribution is 0.174. The fraction of sp³-hybridized carbons (Fsp3) is 0.455. The van der Waals surface area contributed by atoms with Crippen molar-refractivity contribution in [1.82, 2.24) is 5.43 Å². The van der Waals surface area contributed by atoms with Crippen molar-refractivity contribution >= 4 is 0 Å². The smallest absolute Gasteiger partial charge is 0.161 e. The van der Waals surface area contributed by atoms with Crippen molar-refractivity contribution in [2.75, 3.05) is 19.8 Å². The van der Waals surface area contributed by atoms with E-state index in [4.69, 9.17) is 15.3 Å². The highest BCUT2D eigenvalue weighted by Crippen LogP contribution is 2.32. The van der Waals surface area contributed by atoms with Gasteiger partial charge in [0.1, 0.15) is 0 Å². The summed E-state index contributed by atoms with van der Waals surface area (Å²) in [6.07, 6.45) is 0.235. The molecule has 1 atom stereocenters. The average molecular weight is 224 g/mol. The Morgan fingerprint density at radius 1 is 1.31 bits per heavy atom. The van der Waals surface area contributed by atoms with Gasteiger partial charge in [0.2, 0.25) is 0 Å². The number of aliphatic hydroxyl groups is 1. The lowest BCUT2D eigenvalue weighted by atomic mass is 10.1. The predicted molar refractivity (Wildman–Crippen MR) is 59.2 cm³/mol. The van der Waals surface area contributed by atoms with Crippen LogP contribution >= 0.6 is 0 Å². The van der Waals surface area contributed by atoms with Crippen molar-refractivity contribution in [3.05, 3.63) is 23.8 Å². The first-order chi connectivity index (χ1) is 7.81. The van der Waals surface area contributed by atoms with E-state index in [0.717, 1.165) is 17.7 Å². The monoisotopic (exact) mass is 224 g/mol. The summed E-state index contributed by atoms with van der Waals surface area (Å²) in [6.45, 7) is 1.61. The van der Waals surface area contributed by atoms with Crippen LogP contribution in [0.2, 0.25) is 0 Å². The lowest BCUT2D eigenvalue weighted by Gasteiger charge is -2.13. The van der Waals surface area contributed by atoms with E-state index in [-0.39, 0.29) is 0 Å². The average Bonchev–Trinajstić information content (AvgIpc) is 2.53. The molecule has 16 heavy (non-hydrogen) atoms. The molecule has 0 spiro atoms. The van der Waals surface area contributed by atoms with E-state index in [1.807, 2.05) is 12.1 Å². The third-order valence-electron chi connectivity index (χ3n) is 2.47. The second kappa shape index (κ2) is 5.16. The maximum Gasteiger partial charge on any atom is 0.161 e. The fourth-order valence-electron chi connectivity index (χ4n) is 1.62. The summed E-state index contributed by atoms with van der Waals surface area (Å²) in [7, 11) is 0. The molecule has 5 nitrogen and oxygen atoms in total. The molecule has 1 heterocycles. The van der Waals surface area contributed by atoms with Crippen LogP contribution in [0.3, 0.4) is 0 Å². The minimum absolute atomic E-state index is 0.305. The van der Waals surface area contributed by atoms with Crippen LogP contribution in [0.1, 0.15) is 18.1 Å². The summed E-state index contributed by atoms with van der Waals surface area (Å²) in [4.78, 5) is 0. The standard InChI is InChI=1S/C11H16N2O3/c12-13-7-9(14)8-2-3-10-11(6-8)16-5-1-4-15-10/h2-3,6,9,13-14H,1,4-5,7,12H2. The lowest BCUT2D eigenvalue weighted by Crippen LogP contribution is -2.27. The second-order valence-corrected chi connectivity index (χ2v) is 3.68. The van der Waals surface area contributed by atoms with Crippen molar-refractivity contribution < 1.29 is 14.6 Å². The van der Waals surface area contributed by atoms with Crippen molar-refractivity contribution in [1.29, 1.82) is 0 Å². The Labute approximate surface area is 94.1 Å². The summed E-state index contributed by atoms with van der Waals surface area (Å²) < 4.78 is 11.0. The summed E-state index contributed by atoms with van der Waals surface area (Å²) >= 11 is 0. The molecule has 0 aromatic heterocycles. The molecule has 1 unspecified atom stereocenters. The van der Waals surface area contributed by atoms with Gasteiger partial charge in [-0.05, 0) is 17.7 Å². The Hall–Kier alpha value is -1.30. The Kier molecular flexibility index (Phi) is 3.61. The number of hydrogen-bond donors (Lipinski definition) is 3. The molecular weight excluding hydrogens is 208 g/mol. The summed E-state index contributed by atoms with van der Waals surface area (Å²) in [5.74, 6) is 6.58. The van der Waals surface area contributed by atoms with E-state index in [9.17, 15) is 5.11 Å². The van der Waals surface area contributed by atoms with Crippen LogP contribution in [0.5, 0.6) is 11.5 Å². The normalized spacial score (nSPS) is 16.6. The number of ether oxygens (including phenoxy) is 2. The van der Waals surface area contributed by atoms with Gasteiger partial charge in [0.05, 0.1) is 19.3 Å². The number of hydrogen-bond acceptors (Lipinski definition) is 5. The van der Waals surface area contributed by atoms with Gasteiger partial charge in [-0.25, -0.2) is 0 Å². The molecule has 1 aromatic carbocycles. The van der Waals surface area contributed by atoms with E-state index < -0.39 is 6.10 Å². The van der Waals surface area contributed by atoms with Gasteiger partial charge in [-0.1, -0.05) is 6.07 Å². The van der Waals surface area contributed by atoms with E-state index in [0.29, 0.717) is 25.5 Å². The molecule has 0 fully saturated rings. The van der Waals surface area contributed by atoms with Gasteiger partial charge in [0.15, 0.2) is 11.5 Å². The third kappa shape index (κ3) is 2.44. The first-order valence-corrected chi connectivity index (χ1v) is 5.32. The molecule has 0 radical (unpaired) electrons. The quantitative estimate of drug-likeness (QED) is 0.510. The Morgan fingerprint density at radius 3 is 2.81 bits per heavy atom. The first kappa shape index (κ1) is 11.2. The number of fused-ring (bicyclic) bond motifs is 1. The van der Waals surface area contributed by atoms with Crippen molar-refractivity contribution in [3.63, 3.8) is 0 Å². The largest absolute Gasteiger partial charge is 0.490 e. The highest BCUT2D eigenvalue weighted by Gasteiger charge is 2.13. The molecule has 88 valence electrons. The zero-order valence-corrected chi connectivity index (χ0v) is 8.98. The summed E-state index contributed by atoms with van der Waals surface area (Å²) in [6, 6.07) is 5.42. The van der Waals surface area contributed by atoms with Gasteiger partial charge in [0, 0.05) is 13.0 Å². The summed E-state index contributed by atoms with van der Waals surface area (Å²) in [5, 5.41) is 9.75. The van der Waals surface area contributed by atoms with Crippen molar-refractivity contribution in [2.24, 2.45) is 5.84 Å². The number of hydrazine groups is 1. The van der Waals surface area contributed by atoms with Gasteiger partial charge in [-0.15, -0.1) is 0 Å². The highest BCUT2D eigenvalue weighted by atomic mass is 16.5. The van der Waals surface area contributed by atoms with E-state index in [1.54, 1.807) is 6.07 Å². The number of nitrogens with two attached hydrogens (primary N) is 1. The minimum atomic E-state index is -0.637. The van der Waals surface area contributed by atoms with Crippen LogP contribution < -0.4 is 20.7 Å². The topological polar surface area (TPSA) is 76.7 Å². The maximum atomic E-state index is 9.75. The van der Waals surface area contributed by atoms with Crippen molar-refractivity contribution in [3.8, 4) is 11.5 Å². The summed E-state index contributed by atoms with van der Waals surface area (Å²) in [5.41, 5.74) is 3.20. The fourth-order valence-corrected chi connectivity index (χ4v) is 1.62. The van der Waals surface area contributed by atoms with Crippen LogP contribution in [-0.4, -0.2) is 24.9 Å². The van der Waals surface area contributed by atoms with E-state index >= 15 is 0 Å².